The maximum Gasteiger partial charge on any atom is 0.123 e. The molecule has 0 amide bonds. The Kier molecular flexibility index (Phi) is 4.88. The van der Waals surface area contributed by atoms with Gasteiger partial charge in [-0.2, -0.15) is 0 Å². The molecule has 0 unspecified atom stereocenters. The van der Waals surface area contributed by atoms with Crippen LogP contribution >= 0.6 is 23.2 Å². The van der Waals surface area contributed by atoms with E-state index in [1.54, 1.807) is 24.3 Å². The molecule has 0 atom stereocenters. The first-order chi connectivity index (χ1) is 13.1. The molecule has 0 aliphatic rings. The van der Waals surface area contributed by atoms with E-state index in [0.717, 1.165) is 22.3 Å². The average Bonchev–Trinajstić information content (AvgIpc) is 2.69. The first kappa shape index (κ1) is 17.7. The van der Waals surface area contributed by atoms with Gasteiger partial charge in [0.25, 0.3) is 0 Å². The van der Waals surface area contributed by atoms with Gasteiger partial charge in [0, 0.05) is 26.7 Å². The van der Waals surface area contributed by atoms with Gasteiger partial charge >= 0.3 is 0 Å². The molecule has 0 radical (unpaired) electrons. The first-order valence-electron chi connectivity index (χ1n) is 8.26. The van der Waals surface area contributed by atoms with Crippen LogP contribution < -0.4 is 0 Å². The molecule has 0 aliphatic carbocycles. The van der Waals surface area contributed by atoms with Crippen LogP contribution in [-0.4, -0.2) is 10.2 Å². The summed E-state index contributed by atoms with van der Waals surface area (Å²) < 4.78 is 13.4. The molecule has 0 saturated heterocycles. The molecule has 0 spiro atoms. The van der Waals surface area contributed by atoms with E-state index in [1.807, 2.05) is 42.5 Å². The zero-order chi connectivity index (χ0) is 18.8. The second kappa shape index (κ2) is 7.47. The van der Waals surface area contributed by atoms with Crippen molar-refractivity contribution in [2.75, 3.05) is 0 Å². The molecule has 132 valence electrons. The zero-order valence-corrected chi connectivity index (χ0v) is 15.5. The number of rotatable bonds is 3. The summed E-state index contributed by atoms with van der Waals surface area (Å²) in [6.07, 6.45) is 0. The highest BCUT2D eigenvalue weighted by Gasteiger charge is 2.13. The van der Waals surface area contributed by atoms with Gasteiger partial charge in [-0.15, -0.1) is 10.2 Å². The van der Waals surface area contributed by atoms with Gasteiger partial charge in [0.2, 0.25) is 0 Å². The molecule has 1 heterocycles. The minimum Gasteiger partial charge on any atom is -0.207 e. The summed E-state index contributed by atoms with van der Waals surface area (Å²) in [5.41, 5.74) is 4.91. The van der Waals surface area contributed by atoms with Crippen molar-refractivity contribution in [1.82, 2.24) is 10.2 Å². The molecule has 0 bridgehead atoms. The van der Waals surface area contributed by atoms with Crippen LogP contribution in [-0.2, 0) is 0 Å². The predicted molar refractivity (Wildman–Crippen MR) is 108 cm³/mol. The molecule has 0 N–H and O–H groups in total. The van der Waals surface area contributed by atoms with Crippen molar-refractivity contribution in [2.45, 2.75) is 0 Å². The summed E-state index contributed by atoms with van der Waals surface area (Å²) in [5, 5.41) is 10.1. The smallest absolute Gasteiger partial charge is 0.123 e. The van der Waals surface area contributed by atoms with Crippen molar-refractivity contribution in [3.05, 3.63) is 94.7 Å². The Bertz CT molecular complexity index is 1080. The number of aromatic nitrogens is 2. The van der Waals surface area contributed by atoms with Crippen LogP contribution in [0, 0.1) is 5.82 Å². The van der Waals surface area contributed by atoms with Crippen LogP contribution in [0.4, 0.5) is 4.39 Å². The highest BCUT2D eigenvalue weighted by atomic mass is 35.5. The van der Waals surface area contributed by atoms with Gasteiger partial charge in [-0.05, 0) is 48.0 Å². The van der Waals surface area contributed by atoms with Crippen molar-refractivity contribution in [3.8, 4) is 33.6 Å². The summed E-state index contributed by atoms with van der Waals surface area (Å²) in [5.74, 6) is -0.285. The van der Waals surface area contributed by atoms with Gasteiger partial charge < -0.3 is 0 Å². The molecule has 4 rings (SSSR count). The van der Waals surface area contributed by atoms with Gasteiger partial charge in [0.15, 0.2) is 0 Å². The molecule has 27 heavy (non-hydrogen) atoms. The van der Waals surface area contributed by atoms with Crippen LogP contribution in [0.1, 0.15) is 0 Å². The molecular formula is C22H13Cl2FN2. The summed E-state index contributed by atoms with van der Waals surface area (Å²) in [6, 6.07) is 23.1. The topological polar surface area (TPSA) is 25.8 Å². The van der Waals surface area contributed by atoms with Gasteiger partial charge in [0.1, 0.15) is 11.5 Å². The largest absolute Gasteiger partial charge is 0.207 e. The molecular weight excluding hydrogens is 382 g/mol. The van der Waals surface area contributed by atoms with Gasteiger partial charge in [0.05, 0.1) is 5.69 Å². The van der Waals surface area contributed by atoms with E-state index in [2.05, 4.69) is 10.2 Å². The van der Waals surface area contributed by atoms with E-state index in [4.69, 9.17) is 23.2 Å². The maximum atomic E-state index is 13.4. The number of hydrogen-bond donors (Lipinski definition) is 0. The van der Waals surface area contributed by atoms with Crippen LogP contribution in [0.25, 0.3) is 33.6 Å². The van der Waals surface area contributed by atoms with Crippen LogP contribution in [0.3, 0.4) is 0 Å². The predicted octanol–water partition coefficient (Wildman–Crippen LogP) is 6.92. The highest BCUT2D eigenvalue weighted by molar-refractivity contribution is 6.30. The number of hydrogen-bond acceptors (Lipinski definition) is 2. The Morgan fingerprint density at radius 2 is 1.11 bits per heavy atom. The summed E-state index contributed by atoms with van der Waals surface area (Å²) >= 11 is 12.0. The Labute approximate surface area is 166 Å². The second-order valence-electron chi connectivity index (χ2n) is 6.01. The molecule has 0 aliphatic heterocycles. The molecule has 5 heteroatoms. The fourth-order valence-electron chi connectivity index (χ4n) is 2.82. The molecule has 2 nitrogen and oxygen atoms in total. The Morgan fingerprint density at radius 1 is 0.593 bits per heavy atom. The third kappa shape index (κ3) is 3.85. The summed E-state index contributed by atoms with van der Waals surface area (Å²) in [6.45, 7) is 0. The van der Waals surface area contributed by atoms with Crippen molar-refractivity contribution in [2.24, 2.45) is 0 Å². The van der Waals surface area contributed by atoms with Crippen molar-refractivity contribution in [1.29, 1.82) is 0 Å². The zero-order valence-electron chi connectivity index (χ0n) is 14.0. The van der Waals surface area contributed by atoms with Gasteiger partial charge in [-0.3, -0.25) is 0 Å². The van der Waals surface area contributed by atoms with Gasteiger partial charge in [-0.1, -0.05) is 59.6 Å². The molecule has 0 saturated carbocycles. The van der Waals surface area contributed by atoms with E-state index < -0.39 is 0 Å². The number of halogens is 3. The Balaban J connectivity index is 1.89. The van der Waals surface area contributed by atoms with E-state index in [1.165, 1.54) is 12.1 Å². The van der Waals surface area contributed by atoms with E-state index in [9.17, 15) is 4.39 Å². The SMILES string of the molecule is Fc1ccc(-c2cc(-c3ccc(Cl)cc3)nnc2-c2ccc(Cl)cc2)cc1. The maximum absolute atomic E-state index is 13.4. The minimum atomic E-state index is -0.285. The molecule has 0 fully saturated rings. The van der Waals surface area contributed by atoms with Crippen LogP contribution in [0.2, 0.25) is 10.0 Å². The van der Waals surface area contributed by atoms with Crippen molar-refractivity contribution in [3.63, 3.8) is 0 Å². The lowest BCUT2D eigenvalue weighted by molar-refractivity contribution is 0.628. The van der Waals surface area contributed by atoms with Crippen LogP contribution in [0.5, 0.6) is 0 Å². The minimum absolute atomic E-state index is 0.285. The molecule has 3 aromatic carbocycles. The third-order valence-electron chi connectivity index (χ3n) is 4.21. The fourth-order valence-corrected chi connectivity index (χ4v) is 3.08. The van der Waals surface area contributed by atoms with Crippen molar-refractivity contribution >= 4 is 23.2 Å². The molecule has 4 aromatic rings. The highest BCUT2D eigenvalue weighted by Crippen LogP contribution is 2.33. The lowest BCUT2D eigenvalue weighted by Crippen LogP contribution is -1.96. The number of benzene rings is 3. The van der Waals surface area contributed by atoms with Crippen LogP contribution in [0.15, 0.2) is 78.9 Å². The Hall–Kier alpha value is -2.75. The standard InChI is InChI=1S/C22H13Cl2FN2/c23-17-7-1-15(2-8-17)21-13-20(14-5-11-19(25)12-6-14)22(27-26-21)16-3-9-18(24)10-4-16/h1-13H. The lowest BCUT2D eigenvalue weighted by Gasteiger charge is -2.11. The molecule has 1 aromatic heterocycles. The lowest BCUT2D eigenvalue weighted by atomic mass is 9.98. The first-order valence-corrected chi connectivity index (χ1v) is 9.01. The monoisotopic (exact) mass is 394 g/mol. The number of nitrogens with zero attached hydrogens (tertiary/aromatic N) is 2. The fraction of sp³-hybridized carbons (Fsp3) is 0. The van der Waals surface area contributed by atoms with E-state index in [0.29, 0.717) is 21.4 Å². The average molecular weight is 395 g/mol. The van der Waals surface area contributed by atoms with Crippen molar-refractivity contribution < 1.29 is 4.39 Å². The quantitative estimate of drug-likeness (QED) is 0.376. The summed E-state index contributed by atoms with van der Waals surface area (Å²) in [7, 11) is 0. The Morgan fingerprint density at radius 3 is 1.70 bits per heavy atom. The second-order valence-corrected chi connectivity index (χ2v) is 6.89. The normalized spacial score (nSPS) is 10.8. The summed E-state index contributed by atoms with van der Waals surface area (Å²) in [4.78, 5) is 0. The van der Waals surface area contributed by atoms with E-state index >= 15 is 0 Å². The third-order valence-corrected chi connectivity index (χ3v) is 4.71. The van der Waals surface area contributed by atoms with Gasteiger partial charge in [-0.25, -0.2) is 4.39 Å². The van der Waals surface area contributed by atoms with E-state index in [-0.39, 0.29) is 5.82 Å².